The Morgan fingerprint density at radius 1 is 1.50 bits per heavy atom. The molecule has 0 unspecified atom stereocenters. The normalized spacial score (nSPS) is 9.81. The Labute approximate surface area is 101 Å². The van der Waals surface area contributed by atoms with Crippen LogP contribution in [0.2, 0.25) is 0 Å². The Morgan fingerprint density at radius 3 is 3.00 bits per heavy atom. The van der Waals surface area contributed by atoms with Crippen molar-refractivity contribution in [2.24, 2.45) is 4.99 Å². The Kier molecular flexibility index (Phi) is 3.29. The van der Waals surface area contributed by atoms with Crippen LogP contribution in [0.5, 0.6) is 0 Å². The highest BCUT2D eigenvalue weighted by Crippen LogP contribution is 2.22. The number of rotatable bonds is 3. The Morgan fingerprint density at radius 2 is 2.38 bits per heavy atom. The summed E-state index contributed by atoms with van der Waals surface area (Å²) < 4.78 is 2.83. The zero-order valence-corrected chi connectivity index (χ0v) is 9.89. The first kappa shape index (κ1) is 10.8. The molecule has 1 aromatic carbocycles. The van der Waals surface area contributed by atoms with Crippen LogP contribution in [0.3, 0.4) is 0 Å². The van der Waals surface area contributed by atoms with Gasteiger partial charge in [0.05, 0.1) is 18.6 Å². The Bertz CT molecular complexity index is 530. The standard InChI is InChI=1S/C11H8BrN3O/c12-10-5-9(6-14-8-16)1-2-11(10)15-4-3-13-7-15/h1-5,7H,6H2. The summed E-state index contributed by atoms with van der Waals surface area (Å²) in [5, 5.41) is 0. The molecule has 80 valence electrons. The van der Waals surface area contributed by atoms with Crippen molar-refractivity contribution < 1.29 is 4.79 Å². The lowest BCUT2D eigenvalue weighted by Gasteiger charge is -2.06. The SMILES string of the molecule is O=C=NCc1ccc(-n2ccnc2)c(Br)c1. The first-order valence-electron chi connectivity index (χ1n) is 4.61. The van der Waals surface area contributed by atoms with Crippen molar-refractivity contribution in [1.82, 2.24) is 9.55 Å². The Hall–Kier alpha value is -1.71. The molecule has 0 saturated carbocycles. The third-order valence-corrected chi connectivity index (χ3v) is 2.76. The topological polar surface area (TPSA) is 47.2 Å². The molecule has 0 spiro atoms. The lowest BCUT2D eigenvalue weighted by molar-refractivity contribution is 0.563. The molecule has 0 atom stereocenters. The number of aliphatic imine (C=N–C) groups is 1. The molecular weight excluding hydrogens is 270 g/mol. The van der Waals surface area contributed by atoms with Gasteiger partial charge in [-0.05, 0) is 33.6 Å². The molecule has 1 aromatic heterocycles. The highest BCUT2D eigenvalue weighted by atomic mass is 79.9. The van der Waals surface area contributed by atoms with Gasteiger partial charge >= 0.3 is 0 Å². The van der Waals surface area contributed by atoms with Gasteiger partial charge in [-0.1, -0.05) is 6.07 Å². The average Bonchev–Trinajstić information content (AvgIpc) is 2.80. The maximum Gasteiger partial charge on any atom is 0.235 e. The summed E-state index contributed by atoms with van der Waals surface area (Å²) in [6, 6.07) is 5.79. The lowest BCUT2D eigenvalue weighted by Crippen LogP contribution is -1.92. The fraction of sp³-hybridized carbons (Fsp3) is 0.0909. The maximum absolute atomic E-state index is 10.0. The van der Waals surface area contributed by atoms with Crippen LogP contribution in [0.4, 0.5) is 0 Å². The number of hydrogen-bond acceptors (Lipinski definition) is 3. The molecular formula is C11H8BrN3O. The third kappa shape index (κ3) is 2.27. The Balaban J connectivity index is 2.33. The number of halogens is 1. The van der Waals surface area contributed by atoms with Crippen LogP contribution in [0.15, 0.2) is 46.4 Å². The van der Waals surface area contributed by atoms with E-state index in [4.69, 9.17) is 0 Å². The lowest BCUT2D eigenvalue weighted by atomic mass is 10.2. The van der Waals surface area contributed by atoms with Gasteiger partial charge in [0.2, 0.25) is 6.08 Å². The van der Waals surface area contributed by atoms with Gasteiger partial charge in [-0.15, -0.1) is 0 Å². The van der Waals surface area contributed by atoms with Gasteiger partial charge in [-0.25, -0.2) is 14.8 Å². The monoisotopic (exact) mass is 277 g/mol. The first-order chi connectivity index (χ1) is 7.81. The molecule has 16 heavy (non-hydrogen) atoms. The molecule has 2 rings (SSSR count). The largest absolute Gasteiger partial charge is 0.305 e. The van der Waals surface area contributed by atoms with Gasteiger partial charge in [-0.2, -0.15) is 0 Å². The van der Waals surface area contributed by atoms with Gasteiger partial charge in [0, 0.05) is 16.9 Å². The van der Waals surface area contributed by atoms with Crippen molar-refractivity contribution >= 4 is 22.0 Å². The first-order valence-corrected chi connectivity index (χ1v) is 5.41. The van der Waals surface area contributed by atoms with Crippen LogP contribution >= 0.6 is 15.9 Å². The number of isocyanates is 1. The molecule has 0 N–H and O–H groups in total. The van der Waals surface area contributed by atoms with E-state index in [1.165, 1.54) is 6.08 Å². The summed E-state index contributed by atoms with van der Waals surface area (Å²) in [5.74, 6) is 0. The van der Waals surface area contributed by atoms with Gasteiger partial charge in [0.15, 0.2) is 0 Å². The molecule has 0 aliphatic rings. The van der Waals surface area contributed by atoms with E-state index in [0.29, 0.717) is 6.54 Å². The summed E-state index contributed by atoms with van der Waals surface area (Å²) in [4.78, 5) is 17.5. The zero-order valence-electron chi connectivity index (χ0n) is 8.30. The van der Waals surface area contributed by atoms with Crippen LogP contribution in [0, 0.1) is 0 Å². The molecule has 4 nitrogen and oxygen atoms in total. The summed E-state index contributed by atoms with van der Waals surface area (Å²) in [6.45, 7) is 0.353. The second kappa shape index (κ2) is 4.88. The van der Waals surface area contributed by atoms with Gasteiger partial charge in [-0.3, -0.25) is 0 Å². The minimum absolute atomic E-state index is 0.353. The van der Waals surface area contributed by atoms with E-state index in [2.05, 4.69) is 25.9 Å². The van der Waals surface area contributed by atoms with Crippen LogP contribution in [0.25, 0.3) is 5.69 Å². The average molecular weight is 278 g/mol. The minimum Gasteiger partial charge on any atom is -0.305 e. The van der Waals surface area contributed by atoms with E-state index in [9.17, 15) is 4.79 Å². The maximum atomic E-state index is 10.0. The molecule has 0 radical (unpaired) electrons. The van der Waals surface area contributed by atoms with E-state index in [1.54, 1.807) is 12.5 Å². The quantitative estimate of drug-likeness (QED) is 0.639. The fourth-order valence-electron chi connectivity index (χ4n) is 1.38. The number of hydrogen-bond donors (Lipinski definition) is 0. The summed E-state index contributed by atoms with van der Waals surface area (Å²) in [6.07, 6.45) is 6.83. The van der Waals surface area contributed by atoms with Crippen molar-refractivity contribution in [2.75, 3.05) is 0 Å². The third-order valence-electron chi connectivity index (χ3n) is 2.12. The van der Waals surface area contributed by atoms with Crippen molar-refractivity contribution in [1.29, 1.82) is 0 Å². The zero-order chi connectivity index (χ0) is 11.4. The second-order valence-electron chi connectivity index (χ2n) is 3.16. The molecule has 0 saturated heterocycles. The second-order valence-corrected chi connectivity index (χ2v) is 4.02. The summed E-state index contributed by atoms with van der Waals surface area (Å²) >= 11 is 3.47. The number of carbonyl (C=O) groups excluding carboxylic acids is 1. The fourth-order valence-corrected chi connectivity index (χ4v) is 2.01. The summed E-state index contributed by atoms with van der Waals surface area (Å²) in [7, 11) is 0. The number of nitrogens with zero attached hydrogens (tertiary/aromatic N) is 3. The van der Waals surface area contributed by atoms with E-state index < -0.39 is 0 Å². The number of benzene rings is 1. The van der Waals surface area contributed by atoms with Gasteiger partial charge in [0.25, 0.3) is 0 Å². The predicted molar refractivity (Wildman–Crippen MR) is 63.1 cm³/mol. The van der Waals surface area contributed by atoms with Crippen LogP contribution in [0.1, 0.15) is 5.56 Å². The highest BCUT2D eigenvalue weighted by Gasteiger charge is 2.02. The molecule has 0 amide bonds. The van der Waals surface area contributed by atoms with Crippen molar-refractivity contribution in [2.45, 2.75) is 6.54 Å². The van der Waals surface area contributed by atoms with Gasteiger partial charge < -0.3 is 4.57 Å². The van der Waals surface area contributed by atoms with Crippen LogP contribution in [-0.4, -0.2) is 15.6 Å². The molecule has 0 fully saturated rings. The molecule has 0 bridgehead atoms. The molecule has 0 aliphatic heterocycles. The van der Waals surface area contributed by atoms with E-state index in [1.807, 2.05) is 29.0 Å². The smallest absolute Gasteiger partial charge is 0.235 e. The van der Waals surface area contributed by atoms with E-state index in [0.717, 1.165) is 15.7 Å². The number of imidazole rings is 1. The molecule has 2 aromatic rings. The molecule has 1 heterocycles. The van der Waals surface area contributed by atoms with E-state index in [-0.39, 0.29) is 0 Å². The van der Waals surface area contributed by atoms with Crippen molar-refractivity contribution in [3.8, 4) is 5.69 Å². The van der Waals surface area contributed by atoms with Crippen LogP contribution < -0.4 is 0 Å². The highest BCUT2D eigenvalue weighted by molar-refractivity contribution is 9.10. The minimum atomic E-state index is 0.353. The van der Waals surface area contributed by atoms with Crippen LogP contribution in [-0.2, 0) is 11.3 Å². The van der Waals surface area contributed by atoms with Gasteiger partial charge in [0.1, 0.15) is 0 Å². The number of aromatic nitrogens is 2. The summed E-state index contributed by atoms with van der Waals surface area (Å²) in [5.41, 5.74) is 1.95. The predicted octanol–water partition coefficient (Wildman–Crippen LogP) is 2.47. The molecule has 0 aliphatic carbocycles. The molecule has 5 heteroatoms. The van der Waals surface area contributed by atoms with Crippen molar-refractivity contribution in [3.63, 3.8) is 0 Å². The van der Waals surface area contributed by atoms with Crippen molar-refractivity contribution in [3.05, 3.63) is 47.0 Å². The van der Waals surface area contributed by atoms with E-state index >= 15 is 0 Å².